The third kappa shape index (κ3) is 9.80. The SMILES string of the molecule is COCCCc1cc(CN2CCC(OC)(c3ccn(CCOc4c(Cl)cc(C)cc4Cl)c(=O)c3)C(C(=O)NC3CC3)C2)cc(OCCOC)c1. The van der Waals surface area contributed by atoms with E-state index in [2.05, 4.69) is 28.4 Å². The second-order valence-electron chi connectivity index (χ2n) is 13.2. The van der Waals surface area contributed by atoms with Crippen LogP contribution in [0.25, 0.3) is 0 Å². The van der Waals surface area contributed by atoms with E-state index in [9.17, 15) is 9.59 Å². The van der Waals surface area contributed by atoms with Gasteiger partial charge in [-0.25, -0.2) is 0 Å². The van der Waals surface area contributed by atoms with E-state index in [1.165, 1.54) is 5.56 Å². The number of piperidine rings is 1. The molecule has 50 heavy (non-hydrogen) atoms. The van der Waals surface area contributed by atoms with E-state index in [0.717, 1.165) is 42.6 Å². The molecule has 1 aliphatic carbocycles. The maximum atomic E-state index is 13.9. The molecule has 2 unspecified atom stereocenters. The van der Waals surface area contributed by atoms with Crippen LogP contribution in [0.1, 0.15) is 47.9 Å². The van der Waals surface area contributed by atoms with Crippen molar-refractivity contribution in [3.63, 3.8) is 0 Å². The fourth-order valence-electron chi connectivity index (χ4n) is 6.67. The monoisotopic (exact) mass is 729 g/mol. The van der Waals surface area contributed by atoms with Gasteiger partial charge in [0.05, 0.1) is 29.1 Å². The van der Waals surface area contributed by atoms with Crippen molar-refractivity contribution in [3.05, 3.63) is 91.3 Å². The quantitative estimate of drug-likeness (QED) is 0.164. The first-order valence-corrected chi connectivity index (χ1v) is 18.0. The van der Waals surface area contributed by atoms with E-state index >= 15 is 0 Å². The molecule has 3 aromatic rings. The topological polar surface area (TPSA) is 100 Å². The van der Waals surface area contributed by atoms with Gasteiger partial charge in [0, 0.05) is 65.9 Å². The molecule has 5 rings (SSSR count). The van der Waals surface area contributed by atoms with E-state index in [0.29, 0.717) is 73.8 Å². The molecular weight excluding hydrogens is 681 g/mol. The minimum absolute atomic E-state index is 0.0552. The van der Waals surface area contributed by atoms with Gasteiger partial charge in [-0.2, -0.15) is 0 Å². The Labute approximate surface area is 304 Å². The molecule has 0 radical (unpaired) electrons. The van der Waals surface area contributed by atoms with Crippen LogP contribution in [0, 0.1) is 12.8 Å². The van der Waals surface area contributed by atoms with Gasteiger partial charge in [-0.05, 0) is 91.6 Å². The number of methoxy groups -OCH3 is 3. The van der Waals surface area contributed by atoms with Crippen molar-refractivity contribution in [1.82, 2.24) is 14.8 Å². The standard InChI is InChI=1S/C38H49Cl2N3O7/c1-26-18-33(39)36(34(40)19-26)50-15-13-43-11-9-29(23-35(43)44)38(48-4)10-12-42(25-32(38)37(45)41-30-7-8-30)24-28-20-27(6-5-14-46-2)21-31(22-28)49-17-16-47-3/h9,11,18-23,30,32H,5-8,10,12-17,24-25H2,1-4H3,(H,41,45). The summed E-state index contributed by atoms with van der Waals surface area (Å²) in [6.07, 6.45) is 5.99. The van der Waals surface area contributed by atoms with Crippen LogP contribution in [0.15, 0.2) is 53.5 Å². The van der Waals surface area contributed by atoms with Crippen molar-refractivity contribution in [2.24, 2.45) is 5.92 Å². The first kappa shape index (κ1) is 38.1. The highest BCUT2D eigenvalue weighted by Gasteiger charge is 2.49. The number of carbonyl (C=O) groups excluding carboxylic acids is 1. The number of nitrogens with one attached hydrogen (secondary N) is 1. The van der Waals surface area contributed by atoms with Gasteiger partial charge in [0.1, 0.15) is 24.6 Å². The van der Waals surface area contributed by atoms with Gasteiger partial charge in [-0.3, -0.25) is 14.5 Å². The molecule has 1 aliphatic heterocycles. The van der Waals surface area contributed by atoms with Gasteiger partial charge in [-0.15, -0.1) is 0 Å². The highest BCUT2D eigenvalue weighted by Crippen LogP contribution is 2.41. The number of likely N-dealkylation sites (tertiary alicyclic amines) is 1. The van der Waals surface area contributed by atoms with Crippen molar-refractivity contribution in [3.8, 4) is 11.5 Å². The lowest BCUT2D eigenvalue weighted by Gasteiger charge is -2.46. The Morgan fingerprint density at radius 3 is 2.36 bits per heavy atom. The summed E-state index contributed by atoms with van der Waals surface area (Å²) in [5.74, 6) is 0.606. The lowest BCUT2D eigenvalue weighted by molar-refractivity contribution is -0.151. The van der Waals surface area contributed by atoms with E-state index in [-0.39, 0.29) is 24.1 Å². The molecule has 2 fully saturated rings. The van der Waals surface area contributed by atoms with Crippen molar-refractivity contribution < 1.29 is 28.5 Å². The van der Waals surface area contributed by atoms with E-state index in [1.807, 2.05) is 13.0 Å². The van der Waals surface area contributed by atoms with Gasteiger partial charge in [0.15, 0.2) is 5.75 Å². The second-order valence-corrected chi connectivity index (χ2v) is 14.0. The van der Waals surface area contributed by atoms with Crippen LogP contribution in [0.4, 0.5) is 0 Å². The largest absolute Gasteiger partial charge is 0.491 e. The Morgan fingerprint density at radius 1 is 0.940 bits per heavy atom. The molecule has 1 saturated carbocycles. The molecule has 10 nitrogen and oxygen atoms in total. The van der Waals surface area contributed by atoms with Crippen LogP contribution < -0.4 is 20.3 Å². The Balaban J connectivity index is 1.33. The summed E-state index contributed by atoms with van der Waals surface area (Å²) >= 11 is 12.7. The zero-order chi connectivity index (χ0) is 35.7. The lowest BCUT2D eigenvalue weighted by atomic mass is 9.75. The highest BCUT2D eigenvalue weighted by atomic mass is 35.5. The van der Waals surface area contributed by atoms with Gasteiger partial charge >= 0.3 is 0 Å². The van der Waals surface area contributed by atoms with Crippen molar-refractivity contribution in [2.45, 2.75) is 63.8 Å². The number of nitrogens with zero attached hydrogens (tertiary/aromatic N) is 2. The molecule has 0 spiro atoms. The number of carbonyl (C=O) groups is 1. The highest BCUT2D eigenvalue weighted by molar-refractivity contribution is 6.37. The molecule has 272 valence electrons. The molecule has 1 N–H and O–H groups in total. The van der Waals surface area contributed by atoms with Crippen molar-refractivity contribution in [2.75, 3.05) is 60.8 Å². The maximum Gasteiger partial charge on any atom is 0.251 e. The average molecular weight is 731 g/mol. The summed E-state index contributed by atoms with van der Waals surface area (Å²) in [5, 5.41) is 4.06. The molecule has 1 saturated heterocycles. The number of rotatable bonds is 18. The minimum Gasteiger partial charge on any atom is -0.491 e. The zero-order valence-electron chi connectivity index (χ0n) is 29.5. The van der Waals surface area contributed by atoms with Crippen LogP contribution in [0.2, 0.25) is 10.0 Å². The van der Waals surface area contributed by atoms with Gasteiger partial charge in [-0.1, -0.05) is 29.3 Å². The van der Waals surface area contributed by atoms with Crippen molar-refractivity contribution in [1.29, 1.82) is 0 Å². The predicted octanol–water partition coefficient (Wildman–Crippen LogP) is 5.79. The number of aromatic nitrogens is 1. The average Bonchev–Trinajstić information content (AvgIpc) is 3.91. The molecule has 1 aromatic heterocycles. The van der Waals surface area contributed by atoms with Crippen LogP contribution in [-0.2, 0) is 44.1 Å². The van der Waals surface area contributed by atoms with E-state index < -0.39 is 11.5 Å². The number of halogens is 2. The molecule has 2 aromatic carbocycles. The number of hydrogen-bond donors (Lipinski definition) is 1. The first-order chi connectivity index (χ1) is 24.1. The number of aryl methyl sites for hydroxylation is 2. The summed E-state index contributed by atoms with van der Waals surface area (Å²) in [7, 11) is 5.00. The molecule has 12 heteroatoms. The summed E-state index contributed by atoms with van der Waals surface area (Å²) in [4.78, 5) is 29.7. The zero-order valence-corrected chi connectivity index (χ0v) is 31.0. The second kappa shape index (κ2) is 17.9. The Bertz CT molecular complexity index is 1610. The van der Waals surface area contributed by atoms with Crippen LogP contribution >= 0.6 is 23.2 Å². The smallest absolute Gasteiger partial charge is 0.251 e. The van der Waals surface area contributed by atoms with Gasteiger partial charge < -0.3 is 33.6 Å². The Morgan fingerprint density at radius 2 is 1.68 bits per heavy atom. The molecule has 0 bridgehead atoms. The van der Waals surface area contributed by atoms with E-state index in [1.54, 1.807) is 50.3 Å². The number of ether oxygens (including phenoxy) is 5. The van der Waals surface area contributed by atoms with Crippen LogP contribution in [-0.4, -0.2) is 82.3 Å². The number of hydrogen-bond acceptors (Lipinski definition) is 8. The molecule has 1 amide bonds. The third-order valence-electron chi connectivity index (χ3n) is 9.42. The normalized spacial score (nSPS) is 19.4. The fraction of sp³-hybridized carbons (Fsp3) is 0.526. The number of pyridine rings is 1. The summed E-state index contributed by atoms with van der Waals surface area (Å²) in [6, 6.07) is 13.6. The van der Waals surface area contributed by atoms with Crippen LogP contribution in [0.5, 0.6) is 11.5 Å². The molecule has 2 atom stereocenters. The fourth-order valence-corrected chi connectivity index (χ4v) is 7.37. The third-order valence-corrected chi connectivity index (χ3v) is 9.98. The van der Waals surface area contributed by atoms with Crippen molar-refractivity contribution >= 4 is 29.1 Å². The molecule has 2 heterocycles. The van der Waals surface area contributed by atoms with Gasteiger partial charge in [0.25, 0.3) is 5.56 Å². The van der Waals surface area contributed by atoms with Crippen LogP contribution in [0.3, 0.4) is 0 Å². The molecular formula is C38H49Cl2N3O7. The first-order valence-electron chi connectivity index (χ1n) is 17.3. The predicted molar refractivity (Wildman–Crippen MR) is 195 cm³/mol. The van der Waals surface area contributed by atoms with E-state index in [4.69, 9.17) is 46.9 Å². The summed E-state index contributed by atoms with van der Waals surface area (Å²) in [6.45, 7) is 5.82. The Hall–Kier alpha value is -3.12. The summed E-state index contributed by atoms with van der Waals surface area (Å²) < 4.78 is 30.2. The number of benzene rings is 2. The Kier molecular flexibility index (Phi) is 13.6. The number of amides is 1. The summed E-state index contributed by atoms with van der Waals surface area (Å²) in [5.41, 5.74) is 2.73. The minimum atomic E-state index is -0.969. The lowest BCUT2D eigenvalue weighted by Crippen LogP contribution is -2.56. The van der Waals surface area contributed by atoms with Gasteiger partial charge in [0.2, 0.25) is 5.91 Å². The maximum absolute atomic E-state index is 13.9. The molecule has 2 aliphatic rings.